The molecule has 16 rings (SSSR count). The predicted molar refractivity (Wildman–Crippen MR) is 434 cm³/mol. The number of nitrogens with zero attached hydrogens (tertiary/aromatic N) is 4. The minimum Gasteiger partial charge on any atom is -0.508 e. The zero-order valence-corrected chi connectivity index (χ0v) is 67.7. The normalized spacial score (nSPS) is 19.9. The molecular weight excluding hydrogens is 1540 g/mol. The van der Waals surface area contributed by atoms with Gasteiger partial charge < -0.3 is 53.1 Å². The molecule has 7 aromatic carbocycles. The van der Waals surface area contributed by atoms with Gasteiger partial charge in [-0.2, -0.15) is 0 Å². The number of hydrogen-bond donors (Lipinski definition) is 1. The van der Waals surface area contributed by atoms with Gasteiger partial charge in [-0.1, -0.05) is 122 Å². The predicted octanol–water partition coefficient (Wildman–Crippen LogP) is 16.9. The van der Waals surface area contributed by atoms with Crippen LogP contribution >= 0.6 is 34.8 Å². The molecule has 4 saturated carbocycles. The smallest absolute Gasteiger partial charge is 0.255 e. The Morgan fingerprint density at radius 3 is 1.11 bits per heavy atom. The van der Waals surface area contributed by atoms with Crippen molar-refractivity contribution in [3.63, 3.8) is 0 Å². The van der Waals surface area contributed by atoms with E-state index in [2.05, 4.69) is 0 Å². The number of phenols is 1. The second-order valence-electron chi connectivity index (χ2n) is 30.4. The third-order valence-corrected chi connectivity index (χ3v) is 23.7. The number of aldehydes is 2. The molecule has 0 bridgehead atoms. The van der Waals surface area contributed by atoms with Crippen LogP contribution in [-0.2, 0) is 84.2 Å². The van der Waals surface area contributed by atoms with Crippen molar-refractivity contribution in [2.24, 2.45) is 0 Å². The number of ether oxygens (including phenoxy) is 6. The largest absolute Gasteiger partial charge is 0.508 e. The molecule has 0 aromatic heterocycles. The van der Waals surface area contributed by atoms with Crippen molar-refractivity contribution < 1.29 is 86.3 Å². The summed E-state index contributed by atoms with van der Waals surface area (Å²) < 4.78 is 33.6. The van der Waals surface area contributed by atoms with Crippen LogP contribution in [0.25, 0.3) is 0 Å². The van der Waals surface area contributed by atoms with Crippen LogP contribution in [0.5, 0.6) is 23.0 Å². The maximum absolute atomic E-state index is 13.1. The van der Waals surface area contributed by atoms with Crippen LogP contribution < -0.4 is 14.2 Å². The van der Waals surface area contributed by atoms with Crippen LogP contribution in [-0.4, -0.2) is 141 Å². The standard InChI is InChI=1S/C25H28ClNO5.C23H20ClNO5.C23H22ClNO4.C15H17NO3.C5H10O/c1-30-25(31-2)18-12-11-16(13-20(18)26)15-32-23-10-6-7-17-19(23)14-27(24(17)29)21-8-4-3-5-9-22(21)28;24-19-9-14(7-8-15(19)12-26)13-30-22-6-2-4-17-18(22)11-25(23(17)29)20-5-1-3-16(27)10-21(20)28;24-19-11-15(9-10-16(19)13-26)14-29-22-8-4-5-17-18(22)12-25(23(17)28)20-6-2-1-3-7-21(20)27;17-13-8-4-5-10-11(13)9-16(15(10)19)12-6-2-1-3-7-14(12)18;1-2-4-6-5-3-1/h6-7,10-13,21,25H,3-5,8-9,14-15H2,1-2H3;2,4,6-9,12,20H,1,3,5,10-11,13H2;4-5,8-11,13,20H,1-3,6-7,12,14H2;4-5,8,12,17H,1-3,6-7,9H2;1-5H2/t21-;2*20-;12-;/m0000./s1. The van der Waals surface area contributed by atoms with Crippen LogP contribution in [0, 0.1) is 0 Å². The molecule has 4 atom stereocenters. The summed E-state index contributed by atoms with van der Waals surface area (Å²) in [4.78, 5) is 141. The summed E-state index contributed by atoms with van der Waals surface area (Å²) in [6.07, 6.45) is 18.9. The fraction of sp³-hybridized carbons (Fsp3) is 0.418. The number of rotatable bonds is 18. The summed E-state index contributed by atoms with van der Waals surface area (Å²) in [5, 5.41) is 11.1. The van der Waals surface area contributed by atoms with Crippen molar-refractivity contribution in [2.75, 3.05) is 27.4 Å². The van der Waals surface area contributed by atoms with Gasteiger partial charge in [0.2, 0.25) is 0 Å². The van der Waals surface area contributed by atoms with E-state index in [1.54, 1.807) is 119 Å². The Morgan fingerprint density at radius 2 is 0.759 bits per heavy atom. The van der Waals surface area contributed by atoms with Crippen molar-refractivity contribution in [1.29, 1.82) is 0 Å². The van der Waals surface area contributed by atoms with Gasteiger partial charge in [-0.15, -0.1) is 0 Å². The number of amides is 4. The number of fused-ring (bicyclic) bond motifs is 4. The van der Waals surface area contributed by atoms with E-state index < -0.39 is 12.3 Å². The molecule has 22 nitrogen and oxygen atoms in total. The summed E-state index contributed by atoms with van der Waals surface area (Å²) in [5.74, 6) is 1.76. The highest BCUT2D eigenvalue weighted by Gasteiger charge is 2.43. The SMILES string of the molecule is C1CCOCC1.COC(OC)c1ccc(COc2cccc3c2CN([C@H]2CCCCCC2=O)C3=O)cc1Cl.O=C1CCCCC[C@@H]1N1Cc2c(O)cccc2C1=O.O=Cc1ccc(COc2cccc3c2CN([C@H]2CCCC(=O)CC2=O)C3=O)cc1Cl.O=Cc1ccc(COc2cccc3c2CN([C@H]2CCCCCC2=O)C3=O)cc1Cl. The number of halogens is 3. The van der Waals surface area contributed by atoms with Gasteiger partial charge in [-0.05, 0) is 166 Å². The number of hydrogen-bond acceptors (Lipinski definition) is 18. The van der Waals surface area contributed by atoms with Crippen LogP contribution in [0.4, 0.5) is 0 Å². The zero-order valence-electron chi connectivity index (χ0n) is 65.4. The first-order chi connectivity index (χ1) is 56.3. The van der Waals surface area contributed by atoms with Crippen LogP contribution in [0.1, 0.15) is 254 Å². The Hall–Kier alpha value is -9.94. The van der Waals surface area contributed by atoms with Crippen molar-refractivity contribution in [3.05, 3.63) is 220 Å². The molecule has 4 aliphatic carbocycles. The van der Waals surface area contributed by atoms with Gasteiger partial charge >= 0.3 is 0 Å². The van der Waals surface area contributed by atoms with E-state index >= 15 is 0 Å². The summed E-state index contributed by atoms with van der Waals surface area (Å²) in [5.41, 5.74) is 9.46. The molecule has 1 N–H and O–H groups in total. The van der Waals surface area contributed by atoms with E-state index in [-0.39, 0.29) is 103 Å². The molecule has 4 amide bonds. The lowest BCUT2D eigenvalue weighted by molar-refractivity contribution is -0.129. The van der Waals surface area contributed by atoms with Crippen molar-refractivity contribution >= 4 is 99.9 Å². The lowest BCUT2D eigenvalue weighted by Crippen LogP contribution is -2.41. The van der Waals surface area contributed by atoms with E-state index in [1.807, 2.05) is 42.5 Å². The summed E-state index contributed by atoms with van der Waals surface area (Å²) >= 11 is 18.6. The monoisotopic (exact) mass is 1640 g/mol. The fourth-order valence-corrected chi connectivity index (χ4v) is 17.2. The molecule has 116 heavy (non-hydrogen) atoms. The quantitative estimate of drug-likeness (QED) is 0.0362. The summed E-state index contributed by atoms with van der Waals surface area (Å²) in [6.45, 7) is 4.23. The number of Topliss-reactive ketones (excluding diaryl/α,β-unsaturated/α-hetero) is 5. The molecule has 0 spiro atoms. The maximum Gasteiger partial charge on any atom is 0.255 e. The van der Waals surface area contributed by atoms with Gasteiger partial charge in [0, 0.05) is 119 Å². The Morgan fingerprint density at radius 1 is 0.405 bits per heavy atom. The fourth-order valence-electron chi connectivity index (χ4n) is 16.4. The van der Waals surface area contributed by atoms with Gasteiger partial charge in [-0.25, -0.2) is 0 Å². The lowest BCUT2D eigenvalue weighted by Gasteiger charge is -2.25. The number of methoxy groups -OCH3 is 2. The Kier molecular flexibility index (Phi) is 30.0. The molecule has 0 unspecified atom stereocenters. The molecule has 5 aliphatic heterocycles. The van der Waals surface area contributed by atoms with E-state index in [0.717, 1.165) is 129 Å². The lowest BCUT2D eigenvalue weighted by atomic mass is 10.1. The van der Waals surface area contributed by atoms with Crippen molar-refractivity contribution in [1.82, 2.24) is 19.6 Å². The summed E-state index contributed by atoms with van der Waals surface area (Å²) in [7, 11) is 3.12. The second-order valence-corrected chi connectivity index (χ2v) is 31.6. The first kappa shape index (κ1) is 85.4. The number of ketones is 5. The molecular formula is C91H97Cl3N4O18. The first-order valence-corrected chi connectivity index (χ1v) is 41.2. The third kappa shape index (κ3) is 20.5. The average molecular weight is 1640 g/mol. The minimum atomic E-state index is -0.570. The van der Waals surface area contributed by atoms with E-state index in [0.29, 0.717) is 149 Å². The van der Waals surface area contributed by atoms with Crippen LogP contribution in [0.2, 0.25) is 15.1 Å². The highest BCUT2D eigenvalue weighted by molar-refractivity contribution is 6.33. The van der Waals surface area contributed by atoms with Crippen molar-refractivity contribution in [3.8, 4) is 23.0 Å². The van der Waals surface area contributed by atoms with E-state index in [9.17, 15) is 57.8 Å². The zero-order chi connectivity index (χ0) is 81.9. The van der Waals surface area contributed by atoms with Crippen LogP contribution in [0.3, 0.4) is 0 Å². The number of carbonyl (C=O) groups is 11. The van der Waals surface area contributed by atoms with E-state index in [1.165, 1.54) is 19.3 Å². The average Bonchev–Trinajstić information content (AvgIpc) is 1.62. The first-order valence-electron chi connectivity index (χ1n) is 40.1. The molecule has 5 heterocycles. The van der Waals surface area contributed by atoms with E-state index in [4.69, 9.17) is 63.2 Å². The van der Waals surface area contributed by atoms with Gasteiger partial charge in [-0.3, -0.25) is 52.7 Å². The van der Waals surface area contributed by atoms with Gasteiger partial charge in [0.05, 0.1) is 66.8 Å². The molecule has 25 heteroatoms. The minimum absolute atomic E-state index is 0.0602. The Balaban J connectivity index is 0.000000141. The van der Waals surface area contributed by atoms with Crippen LogP contribution in [0.15, 0.2) is 127 Å². The van der Waals surface area contributed by atoms with Gasteiger partial charge in [0.15, 0.2) is 42.0 Å². The summed E-state index contributed by atoms with van der Waals surface area (Å²) in [6, 6.07) is 35.5. The second kappa shape index (κ2) is 40.8. The van der Waals surface area contributed by atoms with Crippen molar-refractivity contribution in [2.45, 2.75) is 218 Å². The molecule has 5 fully saturated rings. The highest BCUT2D eigenvalue weighted by atomic mass is 35.5. The Labute approximate surface area is 690 Å². The molecule has 9 aliphatic rings. The number of aromatic hydroxyl groups is 1. The third-order valence-electron chi connectivity index (χ3n) is 22.7. The maximum atomic E-state index is 13.1. The van der Waals surface area contributed by atoms with Gasteiger partial charge in [0.25, 0.3) is 23.6 Å². The molecule has 1 saturated heterocycles. The highest BCUT2D eigenvalue weighted by Crippen LogP contribution is 2.41. The molecule has 610 valence electrons. The van der Waals surface area contributed by atoms with Gasteiger partial charge in [0.1, 0.15) is 48.6 Å². The number of phenolic OH excluding ortho intramolecular Hbond substituents is 1. The Bertz CT molecular complexity index is 4820. The topological polar surface area (TPSA) is 276 Å². The molecule has 7 aromatic rings. The number of carbonyl (C=O) groups excluding carboxylic acids is 11. The number of benzene rings is 7. The molecule has 0 radical (unpaired) electrons.